The highest BCUT2D eigenvalue weighted by Gasteiger charge is 2.02. The lowest BCUT2D eigenvalue weighted by molar-refractivity contribution is 0.464. The average Bonchev–Trinajstić information content (AvgIpc) is 2.36. The van der Waals surface area contributed by atoms with Gasteiger partial charge in [-0.15, -0.1) is 0 Å². The monoisotopic (exact) mass is 265 g/mol. The average molecular weight is 266 g/mol. The minimum Gasteiger partial charge on any atom is -0.508 e. The SMILES string of the molecule is Oc1ccccc1CNCc1ccc(Cl)c(F)c1. The maximum atomic E-state index is 13.2. The number of nitrogens with one attached hydrogen (secondary N) is 1. The third-order valence-electron chi connectivity index (χ3n) is 2.62. The van der Waals surface area contributed by atoms with Gasteiger partial charge in [0, 0.05) is 18.7 Å². The number of aromatic hydroxyl groups is 1. The Morgan fingerprint density at radius 1 is 1.11 bits per heavy atom. The zero-order chi connectivity index (χ0) is 13.0. The van der Waals surface area contributed by atoms with Gasteiger partial charge in [0.2, 0.25) is 0 Å². The van der Waals surface area contributed by atoms with E-state index in [9.17, 15) is 9.50 Å². The minimum atomic E-state index is -0.418. The fourth-order valence-corrected chi connectivity index (χ4v) is 1.77. The molecule has 0 saturated heterocycles. The molecule has 0 bridgehead atoms. The van der Waals surface area contributed by atoms with Crippen molar-refractivity contribution in [1.82, 2.24) is 5.32 Å². The van der Waals surface area contributed by atoms with Gasteiger partial charge in [0.05, 0.1) is 5.02 Å². The molecule has 0 atom stereocenters. The molecule has 2 aromatic rings. The molecular formula is C14H13ClFNO. The molecule has 0 radical (unpaired) electrons. The summed E-state index contributed by atoms with van der Waals surface area (Å²) in [5, 5.41) is 12.8. The van der Waals surface area contributed by atoms with E-state index in [0.717, 1.165) is 11.1 Å². The summed E-state index contributed by atoms with van der Waals surface area (Å²) in [5.41, 5.74) is 1.62. The number of hydrogen-bond acceptors (Lipinski definition) is 2. The molecule has 0 amide bonds. The van der Waals surface area contributed by atoms with Crippen molar-refractivity contribution < 1.29 is 9.50 Å². The van der Waals surface area contributed by atoms with Crippen molar-refractivity contribution in [2.45, 2.75) is 13.1 Å². The Labute approximate surface area is 110 Å². The largest absolute Gasteiger partial charge is 0.508 e. The van der Waals surface area contributed by atoms with Crippen LogP contribution in [0.5, 0.6) is 5.75 Å². The molecule has 0 spiro atoms. The van der Waals surface area contributed by atoms with Crippen LogP contribution in [-0.4, -0.2) is 5.11 Å². The molecule has 4 heteroatoms. The lowest BCUT2D eigenvalue weighted by atomic mass is 10.2. The third kappa shape index (κ3) is 3.22. The lowest BCUT2D eigenvalue weighted by Crippen LogP contribution is -2.12. The molecule has 0 heterocycles. The van der Waals surface area contributed by atoms with E-state index in [4.69, 9.17) is 11.6 Å². The van der Waals surface area contributed by atoms with Crippen LogP contribution in [0.25, 0.3) is 0 Å². The molecule has 2 nitrogen and oxygen atoms in total. The number of phenolic OH excluding ortho intramolecular Hbond substituents is 1. The second kappa shape index (κ2) is 5.85. The summed E-state index contributed by atoms with van der Waals surface area (Å²) in [6.07, 6.45) is 0. The lowest BCUT2D eigenvalue weighted by Gasteiger charge is -2.07. The van der Waals surface area contributed by atoms with Gasteiger partial charge in [0.15, 0.2) is 0 Å². The van der Waals surface area contributed by atoms with Crippen LogP contribution in [0.4, 0.5) is 4.39 Å². The van der Waals surface area contributed by atoms with Crippen molar-refractivity contribution in [1.29, 1.82) is 0 Å². The summed E-state index contributed by atoms with van der Waals surface area (Å²) in [6.45, 7) is 1.04. The predicted octanol–water partition coefficient (Wildman–Crippen LogP) is 3.47. The highest BCUT2D eigenvalue weighted by molar-refractivity contribution is 6.30. The molecular weight excluding hydrogens is 253 g/mol. The van der Waals surface area contributed by atoms with Crippen LogP contribution in [-0.2, 0) is 13.1 Å². The van der Waals surface area contributed by atoms with Crippen LogP contribution < -0.4 is 5.32 Å². The van der Waals surface area contributed by atoms with Crippen molar-refractivity contribution >= 4 is 11.6 Å². The predicted molar refractivity (Wildman–Crippen MR) is 70.1 cm³/mol. The molecule has 18 heavy (non-hydrogen) atoms. The fourth-order valence-electron chi connectivity index (χ4n) is 1.65. The molecule has 0 saturated carbocycles. The highest BCUT2D eigenvalue weighted by atomic mass is 35.5. The Balaban J connectivity index is 1.92. The van der Waals surface area contributed by atoms with Crippen LogP contribution in [0.3, 0.4) is 0 Å². The second-order valence-electron chi connectivity index (χ2n) is 3.98. The summed E-state index contributed by atoms with van der Waals surface area (Å²) >= 11 is 5.60. The molecule has 2 aromatic carbocycles. The smallest absolute Gasteiger partial charge is 0.142 e. The van der Waals surface area contributed by atoms with Crippen molar-refractivity contribution in [2.24, 2.45) is 0 Å². The van der Waals surface area contributed by atoms with Gasteiger partial charge in [-0.05, 0) is 23.8 Å². The third-order valence-corrected chi connectivity index (χ3v) is 2.93. The summed E-state index contributed by atoms with van der Waals surface area (Å²) in [4.78, 5) is 0. The molecule has 2 N–H and O–H groups in total. The first-order chi connectivity index (χ1) is 8.66. The molecule has 0 aromatic heterocycles. The quantitative estimate of drug-likeness (QED) is 0.887. The highest BCUT2D eigenvalue weighted by Crippen LogP contribution is 2.17. The first-order valence-corrected chi connectivity index (χ1v) is 5.96. The van der Waals surface area contributed by atoms with Gasteiger partial charge in [-0.3, -0.25) is 0 Å². The van der Waals surface area contributed by atoms with E-state index in [1.54, 1.807) is 18.2 Å². The molecule has 0 aliphatic rings. The summed E-state index contributed by atoms with van der Waals surface area (Å²) < 4.78 is 13.2. The second-order valence-corrected chi connectivity index (χ2v) is 4.39. The Kier molecular flexibility index (Phi) is 4.18. The van der Waals surface area contributed by atoms with Gasteiger partial charge in [-0.25, -0.2) is 4.39 Å². The van der Waals surface area contributed by atoms with Gasteiger partial charge in [0.25, 0.3) is 0 Å². The summed E-state index contributed by atoms with van der Waals surface area (Å²) in [5.74, 6) is -0.161. The first-order valence-electron chi connectivity index (χ1n) is 5.58. The van der Waals surface area contributed by atoms with Crippen LogP contribution in [0, 0.1) is 5.82 Å². The zero-order valence-corrected chi connectivity index (χ0v) is 10.4. The fraction of sp³-hybridized carbons (Fsp3) is 0.143. The van der Waals surface area contributed by atoms with E-state index in [1.807, 2.05) is 12.1 Å². The van der Waals surface area contributed by atoms with Crippen molar-refractivity contribution in [3.63, 3.8) is 0 Å². The topological polar surface area (TPSA) is 32.3 Å². The number of hydrogen-bond donors (Lipinski definition) is 2. The first kappa shape index (κ1) is 12.9. The Bertz CT molecular complexity index is 545. The van der Waals surface area contributed by atoms with Crippen molar-refractivity contribution in [2.75, 3.05) is 0 Å². The maximum Gasteiger partial charge on any atom is 0.142 e. The summed E-state index contributed by atoms with van der Waals surface area (Å²) in [6, 6.07) is 11.8. The summed E-state index contributed by atoms with van der Waals surface area (Å²) in [7, 11) is 0. The van der Waals surface area contributed by atoms with E-state index in [2.05, 4.69) is 5.32 Å². The van der Waals surface area contributed by atoms with Gasteiger partial charge in [-0.1, -0.05) is 35.9 Å². The maximum absolute atomic E-state index is 13.2. The number of para-hydroxylation sites is 1. The molecule has 94 valence electrons. The molecule has 0 unspecified atom stereocenters. The van der Waals surface area contributed by atoms with E-state index < -0.39 is 5.82 Å². The van der Waals surface area contributed by atoms with Gasteiger partial charge in [-0.2, -0.15) is 0 Å². The molecule has 0 fully saturated rings. The number of phenols is 1. The van der Waals surface area contributed by atoms with Gasteiger partial charge < -0.3 is 10.4 Å². The molecule has 0 aliphatic heterocycles. The Morgan fingerprint density at radius 3 is 2.61 bits per heavy atom. The van der Waals surface area contributed by atoms with E-state index in [-0.39, 0.29) is 10.8 Å². The zero-order valence-electron chi connectivity index (χ0n) is 9.66. The van der Waals surface area contributed by atoms with Crippen LogP contribution in [0.2, 0.25) is 5.02 Å². The van der Waals surface area contributed by atoms with Crippen LogP contribution in [0.1, 0.15) is 11.1 Å². The van der Waals surface area contributed by atoms with Gasteiger partial charge >= 0.3 is 0 Å². The van der Waals surface area contributed by atoms with Gasteiger partial charge in [0.1, 0.15) is 11.6 Å². The Hall–Kier alpha value is -1.58. The van der Waals surface area contributed by atoms with Crippen molar-refractivity contribution in [3.05, 3.63) is 64.4 Å². The number of benzene rings is 2. The Morgan fingerprint density at radius 2 is 1.89 bits per heavy atom. The molecule has 0 aliphatic carbocycles. The van der Waals surface area contributed by atoms with Crippen molar-refractivity contribution in [3.8, 4) is 5.75 Å². The number of halogens is 2. The van der Waals surface area contributed by atoms with Crippen LogP contribution >= 0.6 is 11.6 Å². The van der Waals surface area contributed by atoms with Crippen LogP contribution in [0.15, 0.2) is 42.5 Å². The van der Waals surface area contributed by atoms with E-state index in [0.29, 0.717) is 13.1 Å². The normalized spacial score (nSPS) is 10.6. The minimum absolute atomic E-state index is 0.124. The standard InChI is InChI=1S/C14H13ClFNO/c15-12-6-5-10(7-13(12)16)8-17-9-11-3-1-2-4-14(11)18/h1-7,17-18H,8-9H2. The number of rotatable bonds is 4. The van der Waals surface area contributed by atoms with E-state index >= 15 is 0 Å². The molecule has 2 rings (SSSR count). The van der Waals surface area contributed by atoms with E-state index in [1.165, 1.54) is 12.1 Å².